The molecule has 2 unspecified atom stereocenters. The molecule has 0 saturated carbocycles. The van der Waals surface area contributed by atoms with Crippen molar-refractivity contribution in [3.63, 3.8) is 0 Å². The summed E-state index contributed by atoms with van der Waals surface area (Å²) in [5.41, 5.74) is 0.873. The van der Waals surface area contributed by atoms with Crippen molar-refractivity contribution in [2.24, 2.45) is 5.92 Å². The smallest absolute Gasteiger partial charge is 0.272 e. The van der Waals surface area contributed by atoms with E-state index < -0.39 is 0 Å². The topological polar surface area (TPSA) is 55.2 Å². The second-order valence-electron chi connectivity index (χ2n) is 5.18. The zero-order chi connectivity index (χ0) is 15.1. The molecule has 0 aliphatic rings. The van der Waals surface area contributed by atoms with E-state index in [2.05, 4.69) is 26.1 Å². The van der Waals surface area contributed by atoms with E-state index in [0.29, 0.717) is 29.0 Å². The molecular weight excluding hydrogens is 276 g/mol. The second-order valence-corrected chi connectivity index (χ2v) is 5.62. The Labute approximate surface area is 125 Å². The van der Waals surface area contributed by atoms with Gasteiger partial charge in [0.25, 0.3) is 5.69 Å². The van der Waals surface area contributed by atoms with Crippen molar-refractivity contribution in [1.82, 2.24) is 5.32 Å². The van der Waals surface area contributed by atoms with Crippen LogP contribution in [0.3, 0.4) is 0 Å². The Bertz CT molecular complexity index is 451. The fraction of sp³-hybridized carbons (Fsp3) is 0.600. The molecule has 0 bridgehead atoms. The predicted molar refractivity (Wildman–Crippen MR) is 83.3 cm³/mol. The molecule has 112 valence electrons. The molecular formula is C15H23ClN2O2. The van der Waals surface area contributed by atoms with E-state index >= 15 is 0 Å². The van der Waals surface area contributed by atoms with Crippen molar-refractivity contribution in [2.45, 2.75) is 46.1 Å². The van der Waals surface area contributed by atoms with Crippen LogP contribution >= 0.6 is 11.6 Å². The SMILES string of the molecule is CCCNC(CC)C(C)Cc1cc(Cl)ccc1[N+](=O)[O-]. The van der Waals surface area contributed by atoms with Gasteiger partial charge in [-0.3, -0.25) is 10.1 Å². The fourth-order valence-electron chi connectivity index (χ4n) is 2.46. The molecule has 0 heterocycles. The Morgan fingerprint density at radius 2 is 2.10 bits per heavy atom. The third-order valence-corrected chi connectivity index (χ3v) is 3.80. The predicted octanol–water partition coefficient (Wildman–Crippen LogP) is 4.21. The molecule has 0 saturated heterocycles. The lowest BCUT2D eigenvalue weighted by molar-refractivity contribution is -0.385. The first-order chi connectivity index (χ1) is 9.49. The summed E-state index contributed by atoms with van der Waals surface area (Å²) in [5, 5.41) is 15.1. The zero-order valence-corrected chi connectivity index (χ0v) is 13.1. The lowest BCUT2D eigenvalue weighted by Gasteiger charge is -2.24. The lowest BCUT2D eigenvalue weighted by atomic mass is 9.91. The summed E-state index contributed by atoms with van der Waals surface area (Å²) in [5.74, 6) is 0.323. The molecule has 0 aliphatic carbocycles. The summed E-state index contributed by atoms with van der Waals surface area (Å²) in [6.45, 7) is 7.37. The molecule has 0 aromatic heterocycles. The lowest BCUT2D eigenvalue weighted by Crippen LogP contribution is -2.35. The highest BCUT2D eigenvalue weighted by molar-refractivity contribution is 6.30. The normalized spacial score (nSPS) is 14.0. The van der Waals surface area contributed by atoms with Gasteiger partial charge in [0.2, 0.25) is 0 Å². The highest BCUT2D eigenvalue weighted by Gasteiger charge is 2.20. The number of hydrogen-bond acceptors (Lipinski definition) is 3. The Kier molecular flexibility index (Phi) is 6.96. The molecule has 0 fully saturated rings. The Morgan fingerprint density at radius 1 is 1.40 bits per heavy atom. The van der Waals surface area contributed by atoms with Crippen molar-refractivity contribution in [1.29, 1.82) is 0 Å². The van der Waals surface area contributed by atoms with Crippen LogP contribution in [0.15, 0.2) is 18.2 Å². The molecule has 4 nitrogen and oxygen atoms in total. The van der Waals surface area contributed by atoms with E-state index in [-0.39, 0.29) is 10.6 Å². The number of benzene rings is 1. The van der Waals surface area contributed by atoms with Crippen LogP contribution in [-0.4, -0.2) is 17.5 Å². The summed E-state index contributed by atoms with van der Waals surface area (Å²) in [6, 6.07) is 5.14. The van der Waals surface area contributed by atoms with E-state index in [1.807, 2.05) is 0 Å². The molecule has 1 aromatic rings. The van der Waals surface area contributed by atoms with Gasteiger partial charge in [0.05, 0.1) is 4.92 Å². The number of hydrogen-bond donors (Lipinski definition) is 1. The average Bonchev–Trinajstić information content (AvgIpc) is 2.39. The standard InChI is InChI=1S/C15H23ClN2O2/c1-4-8-17-14(5-2)11(3)9-12-10-13(16)6-7-15(12)18(19)20/h6-7,10-11,14,17H,4-5,8-9H2,1-3H3. The molecule has 0 aliphatic heterocycles. The van der Waals surface area contributed by atoms with Gasteiger partial charge in [-0.2, -0.15) is 0 Å². The van der Waals surface area contributed by atoms with Crippen LogP contribution in [-0.2, 0) is 6.42 Å². The van der Waals surface area contributed by atoms with Gasteiger partial charge >= 0.3 is 0 Å². The van der Waals surface area contributed by atoms with Gasteiger partial charge in [-0.05, 0) is 43.9 Å². The number of nitro groups is 1. The molecule has 1 N–H and O–H groups in total. The number of nitrogens with zero attached hydrogens (tertiary/aromatic N) is 1. The Morgan fingerprint density at radius 3 is 2.65 bits per heavy atom. The number of nitro benzene ring substituents is 1. The van der Waals surface area contributed by atoms with Gasteiger partial charge in [-0.25, -0.2) is 0 Å². The summed E-state index contributed by atoms with van der Waals surface area (Å²) in [6.07, 6.45) is 2.75. The van der Waals surface area contributed by atoms with E-state index in [9.17, 15) is 10.1 Å². The highest BCUT2D eigenvalue weighted by Crippen LogP contribution is 2.26. The van der Waals surface area contributed by atoms with E-state index in [1.165, 1.54) is 6.07 Å². The number of rotatable bonds is 8. The number of nitrogens with one attached hydrogen (secondary N) is 1. The molecule has 1 rings (SSSR count). The van der Waals surface area contributed by atoms with Crippen molar-refractivity contribution in [3.05, 3.63) is 38.9 Å². The van der Waals surface area contributed by atoms with Crippen LogP contribution in [0.1, 0.15) is 39.2 Å². The maximum Gasteiger partial charge on any atom is 0.272 e. The maximum absolute atomic E-state index is 11.1. The molecule has 2 atom stereocenters. The summed E-state index contributed by atoms with van der Waals surface area (Å²) >= 11 is 5.96. The number of halogens is 1. The molecule has 5 heteroatoms. The van der Waals surface area contributed by atoms with Crippen LogP contribution in [0.4, 0.5) is 5.69 Å². The van der Waals surface area contributed by atoms with Crippen molar-refractivity contribution < 1.29 is 4.92 Å². The van der Waals surface area contributed by atoms with Crippen molar-refractivity contribution in [2.75, 3.05) is 6.54 Å². The third-order valence-electron chi connectivity index (χ3n) is 3.56. The van der Waals surface area contributed by atoms with Gasteiger partial charge in [-0.1, -0.05) is 32.4 Å². The first-order valence-electron chi connectivity index (χ1n) is 7.15. The molecule has 0 amide bonds. The van der Waals surface area contributed by atoms with E-state index in [1.54, 1.807) is 12.1 Å². The van der Waals surface area contributed by atoms with Crippen molar-refractivity contribution >= 4 is 17.3 Å². The minimum Gasteiger partial charge on any atom is -0.314 e. The van der Waals surface area contributed by atoms with Crippen molar-refractivity contribution in [3.8, 4) is 0 Å². The monoisotopic (exact) mass is 298 g/mol. The first-order valence-corrected chi connectivity index (χ1v) is 7.53. The quantitative estimate of drug-likeness (QED) is 0.578. The van der Waals surface area contributed by atoms with Gasteiger partial charge < -0.3 is 5.32 Å². The third kappa shape index (κ3) is 4.76. The van der Waals surface area contributed by atoms with Crippen LogP contribution in [0.5, 0.6) is 0 Å². The minimum atomic E-state index is -0.335. The summed E-state index contributed by atoms with van der Waals surface area (Å²) in [4.78, 5) is 10.7. The Hall–Kier alpha value is -1.13. The zero-order valence-electron chi connectivity index (χ0n) is 12.4. The van der Waals surface area contributed by atoms with Gasteiger partial charge in [-0.15, -0.1) is 0 Å². The summed E-state index contributed by atoms with van der Waals surface area (Å²) in [7, 11) is 0. The van der Waals surface area contributed by atoms with E-state index in [0.717, 1.165) is 19.4 Å². The van der Waals surface area contributed by atoms with Gasteiger partial charge in [0.15, 0.2) is 0 Å². The fourth-order valence-corrected chi connectivity index (χ4v) is 2.66. The van der Waals surface area contributed by atoms with Crippen LogP contribution < -0.4 is 5.32 Å². The molecule has 0 radical (unpaired) electrons. The molecule has 20 heavy (non-hydrogen) atoms. The largest absolute Gasteiger partial charge is 0.314 e. The molecule has 0 spiro atoms. The molecule has 1 aromatic carbocycles. The average molecular weight is 299 g/mol. The van der Waals surface area contributed by atoms with Gasteiger partial charge in [0, 0.05) is 22.7 Å². The Balaban J connectivity index is 2.85. The van der Waals surface area contributed by atoms with Crippen LogP contribution in [0.25, 0.3) is 0 Å². The van der Waals surface area contributed by atoms with Crippen LogP contribution in [0.2, 0.25) is 5.02 Å². The highest BCUT2D eigenvalue weighted by atomic mass is 35.5. The maximum atomic E-state index is 11.1. The summed E-state index contributed by atoms with van der Waals surface area (Å²) < 4.78 is 0. The second kappa shape index (κ2) is 8.22. The minimum absolute atomic E-state index is 0.159. The van der Waals surface area contributed by atoms with Gasteiger partial charge in [0.1, 0.15) is 0 Å². The van der Waals surface area contributed by atoms with Crippen LogP contribution in [0, 0.1) is 16.0 Å². The van der Waals surface area contributed by atoms with E-state index in [4.69, 9.17) is 11.6 Å². The first kappa shape index (κ1) is 16.9.